The van der Waals surface area contributed by atoms with E-state index in [1.165, 1.54) is 0 Å². The van der Waals surface area contributed by atoms with Crippen molar-refractivity contribution >= 4 is 18.0 Å². The minimum absolute atomic E-state index is 0.181. The fraction of sp³-hybridized carbons (Fsp3) is 0.571. The van der Waals surface area contributed by atoms with Crippen molar-refractivity contribution in [2.75, 3.05) is 0 Å². The minimum atomic E-state index is -1.06. The van der Waals surface area contributed by atoms with Crippen molar-refractivity contribution in [1.82, 2.24) is 10.6 Å². The Morgan fingerprint density at radius 2 is 1.96 bits per heavy atom. The number of carbonyl (C=O) groups is 3. The van der Waals surface area contributed by atoms with E-state index >= 15 is 0 Å². The number of carboxylic acids is 1. The fourth-order valence-electron chi connectivity index (χ4n) is 3.22. The van der Waals surface area contributed by atoms with E-state index in [1.54, 1.807) is 27.7 Å². The summed E-state index contributed by atoms with van der Waals surface area (Å²) in [6.07, 6.45) is 1.65. The molecule has 0 radical (unpaired) electrons. The summed E-state index contributed by atoms with van der Waals surface area (Å²) < 4.78 is 5.38. The van der Waals surface area contributed by atoms with Gasteiger partial charge in [0.1, 0.15) is 11.6 Å². The molecule has 1 aromatic carbocycles. The van der Waals surface area contributed by atoms with Crippen LogP contribution in [0.4, 0.5) is 4.79 Å². The molecule has 1 heterocycles. The topological polar surface area (TPSA) is 105 Å². The number of benzene rings is 1. The maximum Gasteiger partial charge on any atom is 0.408 e. The summed E-state index contributed by atoms with van der Waals surface area (Å²) in [4.78, 5) is 36.2. The van der Waals surface area contributed by atoms with E-state index in [0.717, 1.165) is 11.1 Å². The molecule has 7 heteroatoms. The molecule has 28 heavy (non-hydrogen) atoms. The Balaban J connectivity index is 2.29. The Kier molecular flexibility index (Phi) is 7.05. The lowest BCUT2D eigenvalue weighted by atomic mass is 9.93. The van der Waals surface area contributed by atoms with Gasteiger partial charge in [-0.1, -0.05) is 37.6 Å². The average molecular weight is 390 g/mol. The van der Waals surface area contributed by atoms with Gasteiger partial charge in [0.15, 0.2) is 0 Å². The van der Waals surface area contributed by atoms with Crippen LogP contribution in [0.3, 0.4) is 0 Å². The number of alkyl carbamates (subject to hydrolysis) is 1. The van der Waals surface area contributed by atoms with Gasteiger partial charge in [0, 0.05) is 12.3 Å². The number of aliphatic carboxylic acids is 1. The van der Waals surface area contributed by atoms with Gasteiger partial charge < -0.3 is 20.5 Å². The molecule has 3 atom stereocenters. The summed E-state index contributed by atoms with van der Waals surface area (Å²) in [6, 6.07) is 6.20. The average Bonchev–Trinajstić information content (AvgIpc) is 2.57. The molecule has 0 saturated carbocycles. The van der Waals surface area contributed by atoms with Gasteiger partial charge in [-0.15, -0.1) is 0 Å². The smallest absolute Gasteiger partial charge is 0.408 e. The number of hydrogen-bond acceptors (Lipinski definition) is 4. The van der Waals surface area contributed by atoms with Gasteiger partial charge in [0.05, 0.1) is 6.04 Å². The molecule has 0 aliphatic carbocycles. The molecule has 1 aromatic rings. The maximum atomic E-state index is 12.3. The maximum absolute atomic E-state index is 12.3. The van der Waals surface area contributed by atoms with Crippen molar-refractivity contribution in [3.05, 3.63) is 35.4 Å². The molecule has 2 rings (SSSR count). The first-order valence-corrected chi connectivity index (χ1v) is 9.66. The third-order valence-corrected chi connectivity index (χ3v) is 4.68. The van der Waals surface area contributed by atoms with Crippen molar-refractivity contribution in [2.45, 2.75) is 71.1 Å². The minimum Gasteiger partial charge on any atom is -0.480 e. The third-order valence-electron chi connectivity index (χ3n) is 4.68. The number of rotatable bonds is 2. The Labute approximate surface area is 165 Å². The molecule has 7 nitrogen and oxygen atoms in total. The van der Waals surface area contributed by atoms with Crippen LogP contribution in [0.25, 0.3) is 0 Å². The highest BCUT2D eigenvalue weighted by molar-refractivity contribution is 5.85. The first-order valence-electron chi connectivity index (χ1n) is 9.66. The first kappa shape index (κ1) is 21.7. The predicted molar refractivity (Wildman–Crippen MR) is 105 cm³/mol. The summed E-state index contributed by atoms with van der Waals surface area (Å²) in [5.74, 6) is -1.63. The highest BCUT2D eigenvalue weighted by Crippen LogP contribution is 2.24. The van der Waals surface area contributed by atoms with Crippen molar-refractivity contribution in [1.29, 1.82) is 0 Å². The van der Waals surface area contributed by atoms with Gasteiger partial charge in [0.2, 0.25) is 5.91 Å². The lowest BCUT2D eigenvalue weighted by Crippen LogP contribution is -2.44. The summed E-state index contributed by atoms with van der Waals surface area (Å²) >= 11 is 0. The molecular weight excluding hydrogens is 360 g/mol. The lowest BCUT2D eigenvalue weighted by Gasteiger charge is -2.25. The van der Waals surface area contributed by atoms with E-state index in [2.05, 4.69) is 10.6 Å². The van der Waals surface area contributed by atoms with Gasteiger partial charge in [-0.25, -0.2) is 9.59 Å². The fourth-order valence-corrected chi connectivity index (χ4v) is 3.22. The molecule has 0 aromatic heterocycles. The third kappa shape index (κ3) is 6.55. The molecule has 1 unspecified atom stereocenters. The standard InChI is InChI=1S/C21H30N2O5/c1-13-7-5-10-16(23-20(27)28-21(2,3)4)15-9-6-8-14(11-15)12-17(19(25)26)22-18(13)24/h6,8-9,11,13,16-17H,5,7,10,12H2,1-4H3,(H,22,24)(H,23,27)(H,25,26)/t13-,16+,17?/m1/s1. The van der Waals surface area contributed by atoms with E-state index in [4.69, 9.17) is 4.74 Å². The number of ether oxygens (including phenoxy) is 1. The SMILES string of the molecule is C[C@@H]1CCC[C@H](NC(=O)OC(C)(C)C)c2cccc(c2)CC(C(=O)O)NC1=O. The van der Waals surface area contributed by atoms with E-state index in [-0.39, 0.29) is 24.3 Å². The molecule has 154 valence electrons. The number of carboxylic acid groups (broad SMARTS) is 1. The van der Waals surface area contributed by atoms with Crippen molar-refractivity contribution < 1.29 is 24.2 Å². The van der Waals surface area contributed by atoms with Crippen LogP contribution in [0, 0.1) is 5.92 Å². The quantitative estimate of drug-likeness (QED) is 0.719. The zero-order valence-corrected chi connectivity index (χ0v) is 17.0. The number of carbonyl (C=O) groups excluding carboxylic acids is 2. The van der Waals surface area contributed by atoms with Crippen LogP contribution >= 0.6 is 0 Å². The second kappa shape index (κ2) is 9.08. The number of hydrogen-bond donors (Lipinski definition) is 3. The largest absolute Gasteiger partial charge is 0.480 e. The van der Waals surface area contributed by atoms with E-state index in [1.807, 2.05) is 24.3 Å². The zero-order valence-electron chi connectivity index (χ0n) is 17.0. The summed E-state index contributed by atoms with van der Waals surface area (Å²) in [5.41, 5.74) is 1.08. The Morgan fingerprint density at radius 3 is 2.61 bits per heavy atom. The molecule has 3 N–H and O–H groups in total. The van der Waals surface area contributed by atoms with Crippen LogP contribution in [-0.4, -0.2) is 34.7 Å². The molecule has 1 aliphatic heterocycles. The lowest BCUT2D eigenvalue weighted by molar-refractivity contribution is -0.142. The number of fused-ring (bicyclic) bond motifs is 2. The van der Waals surface area contributed by atoms with Crippen LogP contribution in [0.5, 0.6) is 0 Å². The normalized spacial score (nSPS) is 23.6. The Hall–Kier alpha value is -2.57. The second-order valence-electron chi connectivity index (χ2n) is 8.38. The molecule has 0 spiro atoms. The van der Waals surface area contributed by atoms with Crippen molar-refractivity contribution in [3.8, 4) is 0 Å². The van der Waals surface area contributed by atoms with E-state index < -0.39 is 23.7 Å². The molecule has 2 amide bonds. The molecular formula is C21H30N2O5. The summed E-state index contributed by atoms with van der Waals surface area (Å²) in [6.45, 7) is 7.21. The molecule has 1 aliphatic rings. The Bertz CT molecular complexity index is 726. The van der Waals surface area contributed by atoms with Crippen LogP contribution in [0.1, 0.15) is 64.1 Å². The molecule has 0 fully saturated rings. The van der Waals surface area contributed by atoms with Gasteiger partial charge in [0.25, 0.3) is 0 Å². The first-order chi connectivity index (χ1) is 13.0. The van der Waals surface area contributed by atoms with Gasteiger partial charge in [-0.2, -0.15) is 0 Å². The zero-order chi connectivity index (χ0) is 20.9. The highest BCUT2D eigenvalue weighted by atomic mass is 16.6. The van der Waals surface area contributed by atoms with Gasteiger partial charge in [-0.05, 0) is 44.7 Å². The van der Waals surface area contributed by atoms with Crippen molar-refractivity contribution in [2.24, 2.45) is 5.92 Å². The van der Waals surface area contributed by atoms with Gasteiger partial charge in [-0.3, -0.25) is 4.79 Å². The van der Waals surface area contributed by atoms with Crippen LogP contribution in [0.2, 0.25) is 0 Å². The van der Waals surface area contributed by atoms with E-state index in [0.29, 0.717) is 19.3 Å². The summed E-state index contributed by atoms with van der Waals surface area (Å²) in [5, 5.41) is 15.0. The van der Waals surface area contributed by atoms with Crippen molar-refractivity contribution in [3.63, 3.8) is 0 Å². The molecule has 2 bridgehead atoms. The predicted octanol–water partition coefficient (Wildman–Crippen LogP) is 3.18. The summed E-state index contributed by atoms with van der Waals surface area (Å²) in [7, 11) is 0. The van der Waals surface area contributed by atoms with Gasteiger partial charge >= 0.3 is 12.1 Å². The molecule has 0 saturated heterocycles. The van der Waals surface area contributed by atoms with Crippen LogP contribution in [0.15, 0.2) is 24.3 Å². The second-order valence-corrected chi connectivity index (χ2v) is 8.38. The number of nitrogens with one attached hydrogen (secondary N) is 2. The number of amides is 2. The Morgan fingerprint density at radius 1 is 1.25 bits per heavy atom. The monoisotopic (exact) mass is 390 g/mol. The van der Waals surface area contributed by atoms with Crippen LogP contribution in [-0.2, 0) is 20.7 Å². The highest BCUT2D eigenvalue weighted by Gasteiger charge is 2.26. The van der Waals surface area contributed by atoms with E-state index in [9.17, 15) is 19.5 Å². The van der Waals surface area contributed by atoms with Crippen LogP contribution < -0.4 is 10.6 Å².